The van der Waals surface area contributed by atoms with Crippen molar-refractivity contribution < 1.29 is 4.74 Å². The highest BCUT2D eigenvalue weighted by molar-refractivity contribution is 9.13. The Morgan fingerprint density at radius 2 is 2.00 bits per heavy atom. The van der Waals surface area contributed by atoms with Gasteiger partial charge in [0.2, 0.25) is 0 Å². The van der Waals surface area contributed by atoms with Gasteiger partial charge in [-0.25, -0.2) is 20.0 Å². The van der Waals surface area contributed by atoms with Crippen LogP contribution in [0.15, 0.2) is 27.5 Å². The van der Waals surface area contributed by atoms with Crippen LogP contribution >= 0.6 is 41.9 Å². The summed E-state index contributed by atoms with van der Waals surface area (Å²) >= 11 is 6.98. The van der Waals surface area contributed by atoms with Crippen LogP contribution in [-0.2, 0) is 11.5 Å². The lowest BCUT2D eigenvalue weighted by molar-refractivity contribution is 0.0893. The van der Waals surface area contributed by atoms with Gasteiger partial charge in [-0.1, -0.05) is 0 Å². The third-order valence-electron chi connectivity index (χ3n) is 2.97. The number of imidazole rings is 1. The molecule has 22 heavy (non-hydrogen) atoms. The minimum Gasteiger partial charge on any atom is -0.384 e. The molecule has 0 saturated carbocycles. The highest BCUT2D eigenvalue weighted by atomic mass is 79.9. The van der Waals surface area contributed by atoms with Gasteiger partial charge in [0.05, 0.1) is 6.61 Å². The molecule has 0 radical (unpaired) electrons. The molecule has 122 valence electrons. The number of nitrogens with two attached hydrogens (primary N) is 1. The number of nitrogen functional groups attached to an aromatic ring is 1. The molecule has 0 spiro atoms. The summed E-state index contributed by atoms with van der Waals surface area (Å²) < 4.78 is 9.38. The Bertz CT molecular complexity index is 638. The number of hydrogen-bond acceptors (Lipinski definition) is 4. The van der Waals surface area contributed by atoms with Crippen LogP contribution in [0, 0.1) is 0 Å². The van der Waals surface area contributed by atoms with Crippen LogP contribution in [-0.4, -0.2) is 45.7 Å². The zero-order valence-corrected chi connectivity index (χ0v) is 16.8. The second kappa shape index (κ2) is 7.33. The Morgan fingerprint density at radius 3 is 2.59 bits per heavy atom. The molecule has 2 N–H and O–H groups in total. The second-order valence-corrected chi connectivity index (χ2v) is 11.8. The first kappa shape index (κ1) is 17.8. The van der Waals surface area contributed by atoms with E-state index in [9.17, 15) is 0 Å². The largest absolute Gasteiger partial charge is 0.384 e. The zero-order chi connectivity index (χ0) is 16.3. The Hall–Kier alpha value is -0.570. The lowest BCUT2D eigenvalue weighted by Crippen LogP contribution is -2.11. The predicted octanol–water partition coefficient (Wildman–Crippen LogP) is 3.72. The van der Waals surface area contributed by atoms with Crippen LogP contribution in [0.5, 0.6) is 0 Å². The van der Waals surface area contributed by atoms with Crippen molar-refractivity contribution in [2.45, 2.75) is 6.73 Å². The monoisotopic (exact) mass is 450 g/mol. The molecule has 0 bridgehead atoms. The first-order chi connectivity index (χ1) is 10.3. The molecular weight excluding hydrogens is 432 g/mol. The van der Waals surface area contributed by atoms with E-state index in [1.807, 2.05) is 10.6 Å². The van der Waals surface area contributed by atoms with Gasteiger partial charge in [0.1, 0.15) is 27.6 Å². The Balaban J connectivity index is 2.15. The van der Waals surface area contributed by atoms with Crippen molar-refractivity contribution in [1.29, 1.82) is 0 Å². The summed E-state index contributed by atoms with van der Waals surface area (Å²) in [5.41, 5.74) is 6.53. The minimum atomic E-state index is -0.545. The summed E-state index contributed by atoms with van der Waals surface area (Å²) in [7, 11) is -0.545. The van der Waals surface area contributed by atoms with Gasteiger partial charge in [-0.05, 0) is 62.8 Å². The van der Waals surface area contributed by atoms with Gasteiger partial charge >= 0.3 is 0 Å². The van der Waals surface area contributed by atoms with Crippen molar-refractivity contribution in [1.82, 2.24) is 14.5 Å². The Labute approximate surface area is 149 Å². The van der Waals surface area contributed by atoms with Gasteiger partial charge in [-0.2, -0.15) is 0 Å². The fraction of sp³-hybridized carbons (Fsp3) is 0.429. The van der Waals surface area contributed by atoms with E-state index in [1.54, 1.807) is 12.3 Å². The molecule has 0 unspecified atom stereocenters. The standard InChI is InChI=1S/C14H20Br2N4OS/c1-22(2,3)7-6-21-9-20-13(16)12(15)19-14(20)10-4-5-11(17)18-8-10/h4-5,8H,6-7,9H2,1-3H3,(H2,17,18). The van der Waals surface area contributed by atoms with E-state index in [2.05, 4.69) is 60.6 Å². The molecule has 2 heterocycles. The Kier molecular flexibility index (Phi) is 5.93. The number of rotatable bonds is 6. The maximum Gasteiger partial charge on any atom is 0.145 e. The average Bonchev–Trinajstić information content (AvgIpc) is 2.71. The van der Waals surface area contributed by atoms with Crippen LogP contribution < -0.4 is 5.73 Å². The molecule has 0 fully saturated rings. The number of halogens is 2. The van der Waals surface area contributed by atoms with E-state index in [0.29, 0.717) is 12.5 Å². The number of nitrogens with zero attached hydrogens (tertiary/aromatic N) is 3. The summed E-state index contributed by atoms with van der Waals surface area (Å²) in [6.07, 6.45) is 8.56. The average molecular weight is 452 g/mol. The molecule has 2 aromatic rings. The first-order valence-electron chi connectivity index (χ1n) is 6.65. The lowest BCUT2D eigenvalue weighted by atomic mass is 10.2. The summed E-state index contributed by atoms with van der Waals surface area (Å²) in [4.78, 5) is 8.64. The van der Waals surface area contributed by atoms with Crippen molar-refractivity contribution in [3.05, 3.63) is 27.5 Å². The first-order valence-corrected chi connectivity index (χ1v) is 11.3. The highest BCUT2D eigenvalue weighted by Crippen LogP contribution is 2.34. The van der Waals surface area contributed by atoms with Crippen LogP contribution in [0.2, 0.25) is 0 Å². The molecule has 5 nitrogen and oxygen atoms in total. The van der Waals surface area contributed by atoms with Crippen LogP contribution in [0.4, 0.5) is 5.82 Å². The molecule has 0 aliphatic carbocycles. The Morgan fingerprint density at radius 1 is 1.27 bits per heavy atom. The van der Waals surface area contributed by atoms with E-state index in [-0.39, 0.29) is 0 Å². The fourth-order valence-corrected chi connectivity index (χ4v) is 3.10. The number of anilines is 1. The van der Waals surface area contributed by atoms with Gasteiger partial charge < -0.3 is 10.5 Å². The van der Waals surface area contributed by atoms with Crippen LogP contribution in [0.3, 0.4) is 0 Å². The van der Waals surface area contributed by atoms with Gasteiger partial charge in [0.25, 0.3) is 0 Å². The molecule has 2 rings (SSSR count). The van der Waals surface area contributed by atoms with Crippen molar-refractivity contribution >= 4 is 47.7 Å². The minimum absolute atomic E-state index is 0.439. The molecular formula is C14H20Br2N4OS. The van der Waals surface area contributed by atoms with E-state index in [4.69, 9.17) is 10.5 Å². The summed E-state index contributed by atoms with van der Waals surface area (Å²) in [6.45, 7) is 1.18. The number of hydrogen-bond donors (Lipinski definition) is 1. The fourth-order valence-electron chi connectivity index (χ4n) is 1.74. The molecule has 0 aliphatic rings. The quantitative estimate of drug-likeness (QED) is 0.679. The van der Waals surface area contributed by atoms with Gasteiger partial charge in [0.15, 0.2) is 0 Å². The SMILES string of the molecule is CS(C)(C)CCOCn1c(-c2ccc(N)nc2)nc(Br)c1Br. The smallest absolute Gasteiger partial charge is 0.145 e. The molecule has 0 aliphatic heterocycles. The van der Waals surface area contributed by atoms with E-state index < -0.39 is 10.0 Å². The summed E-state index contributed by atoms with van der Waals surface area (Å²) in [5, 5.41) is 0. The third-order valence-corrected chi connectivity index (χ3v) is 6.25. The molecule has 0 amide bonds. The maximum atomic E-state index is 5.82. The van der Waals surface area contributed by atoms with Gasteiger partial charge in [0, 0.05) is 17.5 Å². The number of ether oxygens (including phenoxy) is 1. The number of aromatic nitrogens is 3. The third kappa shape index (κ3) is 4.71. The second-order valence-electron chi connectivity index (χ2n) is 5.75. The maximum absolute atomic E-state index is 5.82. The van der Waals surface area contributed by atoms with Crippen molar-refractivity contribution in [2.24, 2.45) is 0 Å². The predicted molar refractivity (Wildman–Crippen MR) is 101 cm³/mol. The molecule has 0 saturated heterocycles. The topological polar surface area (TPSA) is 66.0 Å². The molecule has 0 atom stereocenters. The van der Waals surface area contributed by atoms with Crippen molar-refractivity contribution in [3.8, 4) is 11.4 Å². The molecule has 0 aromatic carbocycles. The van der Waals surface area contributed by atoms with E-state index >= 15 is 0 Å². The molecule has 2 aromatic heterocycles. The zero-order valence-electron chi connectivity index (χ0n) is 12.8. The normalized spacial score (nSPS) is 12.6. The van der Waals surface area contributed by atoms with Gasteiger partial charge in [-0.3, -0.25) is 4.57 Å². The lowest BCUT2D eigenvalue weighted by Gasteiger charge is -2.24. The van der Waals surface area contributed by atoms with Gasteiger partial charge in [-0.15, -0.1) is 0 Å². The van der Waals surface area contributed by atoms with E-state index in [1.165, 1.54) is 0 Å². The summed E-state index contributed by atoms with van der Waals surface area (Å²) in [5.74, 6) is 2.36. The number of pyridine rings is 1. The van der Waals surface area contributed by atoms with Crippen molar-refractivity contribution in [3.63, 3.8) is 0 Å². The van der Waals surface area contributed by atoms with Crippen molar-refractivity contribution in [2.75, 3.05) is 36.9 Å². The molecule has 8 heteroatoms. The summed E-state index contributed by atoms with van der Waals surface area (Å²) in [6, 6.07) is 3.67. The van der Waals surface area contributed by atoms with Crippen LogP contribution in [0.25, 0.3) is 11.4 Å². The van der Waals surface area contributed by atoms with Crippen LogP contribution in [0.1, 0.15) is 0 Å². The highest BCUT2D eigenvalue weighted by Gasteiger charge is 2.15. The van der Waals surface area contributed by atoms with E-state index in [0.717, 1.165) is 33.0 Å².